The van der Waals surface area contributed by atoms with Gasteiger partial charge in [-0.2, -0.15) is 0 Å². The van der Waals surface area contributed by atoms with Crippen molar-refractivity contribution in [3.63, 3.8) is 0 Å². The maximum Gasteiger partial charge on any atom is 0.248 e. The molecular formula is C32H32N2O4. The molecule has 0 saturated carbocycles. The van der Waals surface area contributed by atoms with E-state index < -0.39 is 5.91 Å². The highest BCUT2D eigenvalue weighted by molar-refractivity contribution is 5.93. The van der Waals surface area contributed by atoms with Crippen LogP contribution in [-0.2, 0) is 6.42 Å². The lowest BCUT2D eigenvalue weighted by atomic mass is 9.82. The third-order valence-electron chi connectivity index (χ3n) is 6.75. The van der Waals surface area contributed by atoms with Crippen molar-refractivity contribution in [3.8, 4) is 17.2 Å². The molecule has 4 aromatic carbocycles. The number of primary amides is 1. The lowest BCUT2D eigenvalue weighted by molar-refractivity contribution is 0.0999. The third kappa shape index (κ3) is 6.15. The monoisotopic (exact) mass is 508 g/mol. The number of carbonyl (C=O) groups excluding carboxylic acids is 1. The molecule has 0 radical (unpaired) electrons. The number of nitrogens with two attached hydrogens (primary N) is 1. The van der Waals surface area contributed by atoms with Gasteiger partial charge in [0.15, 0.2) is 11.5 Å². The van der Waals surface area contributed by atoms with Gasteiger partial charge in [-0.05, 0) is 60.3 Å². The van der Waals surface area contributed by atoms with Crippen molar-refractivity contribution >= 4 is 5.91 Å². The molecule has 0 spiro atoms. The van der Waals surface area contributed by atoms with Gasteiger partial charge in [0, 0.05) is 17.5 Å². The molecule has 0 aliphatic carbocycles. The largest absolute Gasteiger partial charge is 0.494 e. The molecule has 5 rings (SSSR count). The molecule has 6 heteroatoms. The molecule has 1 aliphatic heterocycles. The molecule has 1 heterocycles. The highest BCUT2D eigenvalue weighted by Gasteiger charge is 2.27. The topological polar surface area (TPSA) is 82.8 Å². The lowest BCUT2D eigenvalue weighted by Crippen LogP contribution is -2.38. The van der Waals surface area contributed by atoms with Gasteiger partial charge in [-0.1, -0.05) is 78.9 Å². The van der Waals surface area contributed by atoms with Crippen molar-refractivity contribution in [2.75, 3.05) is 19.9 Å². The van der Waals surface area contributed by atoms with Crippen LogP contribution in [0.1, 0.15) is 39.4 Å². The van der Waals surface area contributed by atoms with E-state index in [0.717, 1.165) is 36.4 Å². The van der Waals surface area contributed by atoms with Gasteiger partial charge in [0.05, 0.1) is 6.61 Å². The molecule has 4 aromatic rings. The van der Waals surface area contributed by atoms with E-state index in [1.807, 2.05) is 30.3 Å². The Morgan fingerprint density at radius 1 is 0.868 bits per heavy atom. The Morgan fingerprint density at radius 3 is 2.29 bits per heavy atom. The molecular weight excluding hydrogens is 476 g/mol. The van der Waals surface area contributed by atoms with E-state index in [-0.39, 0.29) is 18.8 Å². The molecule has 1 amide bonds. The van der Waals surface area contributed by atoms with E-state index in [4.69, 9.17) is 19.9 Å². The molecule has 1 atom stereocenters. The summed E-state index contributed by atoms with van der Waals surface area (Å²) in [6.07, 6.45) is 1.56. The number of hydrogen-bond donors (Lipinski definition) is 2. The van der Waals surface area contributed by atoms with Crippen LogP contribution in [0.2, 0.25) is 0 Å². The Bertz CT molecular complexity index is 1300. The maximum atomic E-state index is 11.5. The van der Waals surface area contributed by atoms with E-state index in [2.05, 4.69) is 59.9 Å². The lowest BCUT2D eigenvalue weighted by Gasteiger charge is -2.30. The first kappa shape index (κ1) is 25.4. The molecule has 3 N–H and O–H groups in total. The number of benzene rings is 4. The minimum absolute atomic E-state index is 0.0914. The average Bonchev–Trinajstić information content (AvgIpc) is 3.44. The summed E-state index contributed by atoms with van der Waals surface area (Å²) in [6.45, 7) is 1.52. The van der Waals surface area contributed by atoms with Gasteiger partial charge >= 0.3 is 0 Å². The summed E-state index contributed by atoms with van der Waals surface area (Å²) in [4.78, 5) is 11.5. The average molecular weight is 509 g/mol. The second-order valence-corrected chi connectivity index (χ2v) is 9.31. The Balaban J connectivity index is 1.34. The summed E-state index contributed by atoms with van der Waals surface area (Å²) in [6, 6.07) is 34.4. The van der Waals surface area contributed by atoms with Crippen LogP contribution in [0.25, 0.3) is 0 Å². The minimum atomic E-state index is -0.463. The van der Waals surface area contributed by atoms with Gasteiger partial charge in [-0.15, -0.1) is 0 Å². The van der Waals surface area contributed by atoms with Crippen LogP contribution in [0.3, 0.4) is 0 Å². The van der Waals surface area contributed by atoms with Gasteiger partial charge in [0.1, 0.15) is 5.75 Å². The Labute approximate surface area is 223 Å². The summed E-state index contributed by atoms with van der Waals surface area (Å²) in [7, 11) is 0. The molecule has 0 fully saturated rings. The number of amides is 1. The first-order chi connectivity index (χ1) is 18.7. The predicted molar refractivity (Wildman–Crippen MR) is 148 cm³/mol. The van der Waals surface area contributed by atoms with E-state index in [9.17, 15) is 4.79 Å². The fraction of sp³-hybridized carbons (Fsp3) is 0.219. The number of rotatable bonds is 12. The summed E-state index contributed by atoms with van der Waals surface area (Å²) >= 11 is 0. The molecule has 1 unspecified atom stereocenters. The van der Waals surface area contributed by atoms with Crippen molar-refractivity contribution in [3.05, 3.63) is 125 Å². The number of nitrogens with one attached hydrogen (secondary N) is 1. The summed E-state index contributed by atoms with van der Waals surface area (Å²) in [5, 5.41) is 3.82. The van der Waals surface area contributed by atoms with Crippen molar-refractivity contribution in [1.29, 1.82) is 0 Å². The second-order valence-electron chi connectivity index (χ2n) is 9.31. The molecule has 6 nitrogen and oxygen atoms in total. The van der Waals surface area contributed by atoms with Crippen LogP contribution in [0.5, 0.6) is 17.2 Å². The van der Waals surface area contributed by atoms with Gasteiger partial charge in [-0.3, -0.25) is 4.79 Å². The van der Waals surface area contributed by atoms with E-state index in [0.29, 0.717) is 17.9 Å². The normalized spacial score (nSPS) is 12.9. The Morgan fingerprint density at radius 2 is 1.58 bits per heavy atom. The first-order valence-corrected chi connectivity index (χ1v) is 12.9. The minimum Gasteiger partial charge on any atom is -0.494 e. The molecule has 1 aliphatic rings. The van der Waals surface area contributed by atoms with Crippen molar-refractivity contribution in [2.24, 2.45) is 5.73 Å². The Kier molecular flexibility index (Phi) is 8.21. The summed E-state index contributed by atoms with van der Waals surface area (Å²) in [5.41, 5.74) is 9.45. The van der Waals surface area contributed by atoms with E-state index in [1.54, 1.807) is 18.2 Å². The Hall–Kier alpha value is -4.29. The molecule has 38 heavy (non-hydrogen) atoms. The first-order valence-electron chi connectivity index (χ1n) is 12.9. The van der Waals surface area contributed by atoms with Crippen LogP contribution in [0.4, 0.5) is 0 Å². The van der Waals surface area contributed by atoms with Crippen molar-refractivity contribution < 1.29 is 19.0 Å². The van der Waals surface area contributed by atoms with E-state index >= 15 is 0 Å². The molecule has 0 aromatic heterocycles. The van der Waals surface area contributed by atoms with Crippen LogP contribution in [0, 0.1) is 0 Å². The van der Waals surface area contributed by atoms with Gasteiger partial charge in [-0.25, -0.2) is 0 Å². The number of carbonyl (C=O) groups is 1. The molecule has 0 bridgehead atoms. The number of hydrogen-bond acceptors (Lipinski definition) is 5. The fourth-order valence-electron chi connectivity index (χ4n) is 4.96. The second kappa shape index (κ2) is 12.3. The van der Waals surface area contributed by atoms with Crippen LogP contribution < -0.4 is 25.3 Å². The molecule has 0 saturated heterocycles. The summed E-state index contributed by atoms with van der Waals surface area (Å²) in [5.74, 6) is 1.93. The molecule has 194 valence electrons. The highest BCUT2D eigenvalue weighted by Crippen LogP contribution is 2.38. The SMILES string of the molecule is NC(=O)c1cccc(OCCCNC(Cc2cccc3c2OCO3)C(c2ccccc2)c2ccccc2)c1. The van der Waals surface area contributed by atoms with Gasteiger partial charge in [0.25, 0.3) is 0 Å². The maximum absolute atomic E-state index is 11.5. The zero-order valence-corrected chi connectivity index (χ0v) is 21.2. The zero-order chi connectivity index (χ0) is 26.2. The van der Waals surface area contributed by atoms with E-state index in [1.165, 1.54) is 11.1 Å². The number of para-hydroxylation sites is 1. The highest BCUT2D eigenvalue weighted by atomic mass is 16.7. The smallest absolute Gasteiger partial charge is 0.248 e. The van der Waals surface area contributed by atoms with Crippen LogP contribution in [0.15, 0.2) is 103 Å². The van der Waals surface area contributed by atoms with Gasteiger partial charge < -0.3 is 25.3 Å². The quantitative estimate of drug-likeness (QED) is 0.253. The summed E-state index contributed by atoms with van der Waals surface area (Å²) < 4.78 is 17.4. The van der Waals surface area contributed by atoms with Crippen LogP contribution in [-0.4, -0.2) is 31.9 Å². The van der Waals surface area contributed by atoms with Crippen LogP contribution >= 0.6 is 0 Å². The third-order valence-corrected chi connectivity index (χ3v) is 6.75. The van der Waals surface area contributed by atoms with Crippen molar-refractivity contribution in [1.82, 2.24) is 5.32 Å². The predicted octanol–water partition coefficient (Wildman–Crippen LogP) is 5.32. The fourth-order valence-corrected chi connectivity index (χ4v) is 4.96. The number of fused-ring (bicyclic) bond motifs is 1. The van der Waals surface area contributed by atoms with Gasteiger partial charge in [0.2, 0.25) is 12.7 Å². The van der Waals surface area contributed by atoms with Crippen molar-refractivity contribution in [2.45, 2.75) is 24.8 Å². The number of ether oxygens (including phenoxy) is 3. The zero-order valence-electron chi connectivity index (χ0n) is 21.2. The standard InChI is InChI=1S/C32H32N2O4/c33-32(35)26-15-7-16-27(20-26)36-19-9-18-34-28(21-25-14-8-17-29-31(25)38-22-37-29)30(23-10-3-1-4-11-23)24-12-5-2-6-13-24/h1-8,10-17,20,28,30,34H,9,18-19,21-22H2,(H2,33,35).